The molecular weight excluding hydrogens is 232 g/mol. The van der Waals surface area contributed by atoms with Gasteiger partial charge in [0.15, 0.2) is 0 Å². The Hall–Kier alpha value is -1.02. The van der Waals surface area contributed by atoms with Crippen molar-refractivity contribution in [3.63, 3.8) is 0 Å². The van der Waals surface area contributed by atoms with E-state index in [1.165, 1.54) is 14.2 Å². The van der Waals surface area contributed by atoms with Gasteiger partial charge >= 0.3 is 11.9 Å². The Morgan fingerprint density at radius 3 is 1.47 bits per heavy atom. The Bertz CT molecular complexity index is 217. The van der Waals surface area contributed by atoms with Crippen LogP contribution in [-0.2, 0) is 33.3 Å². The van der Waals surface area contributed by atoms with Crippen LogP contribution in [0.3, 0.4) is 0 Å². The first-order valence-corrected chi connectivity index (χ1v) is 5.14. The molecule has 0 saturated heterocycles. The van der Waals surface area contributed by atoms with Gasteiger partial charge in [-0.15, -0.1) is 0 Å². The molecule has 2 unspecified atom stereocenters. The van der Waals surface area contributed by atoms with Crippen LogP contribution in [0.2, 0.25) is 0 Å². The summed E-state index contributed by atoms with van der Waals surface area (Å²) in [4.78, 5) is 22.8. The van der Waals surface area contributed by atoms with Gasteiger partial charge in [-0.25, -0.2) is 9.59 Å². The lowest BCUT2D eigenvalue weighted by Gasteiger charge is -2.16. The minimum absolute atomic E-state index is 0.251. The summed E-state index contributed by atoms with van der Waals surface area (Å²) in [6.07, 6.45) is -2.47. The maximum Gasteiger partial charge on any atom is 0.371 e. The summed E-state index contributed by atoms with van der Waals surface area (Å²) >= 11 is 0. The van der Waals surface area contributed by atoms with Crippen LogP contribution >= 0.6 is 0 Å². The molecule has 7 heteroatoms. The van der Waals surface area contributed by atoms with Crippen LogP contribution in [-0.4, -0.2) is 52.0 Å². The van der Waals surface area contributed by atoms with E-state index >= 15 is 0 Å². The highest BCUT2D eigenvalue weighted by atomic mass is 16.7. The highest BCUT2D eigenvalue weighted by Gasteiger charge is 2.28. The molecule has 0 N–H and O–H groups in total. The third kappa shape index (κ3) is 5.73. The van der Waals surface area contributed by atoms with Crippen molar-refractivity contribution in [1.29, 1.82) is 0 Å². The number of hydrogen-bond acceptors (Lipinski definition) is 7. The van der Waals surface area contributed by atoms with E-state index in [1.807, 2.05) is 0 Å². The van der Waals surface area contributed by atoms with Crippen molar-refractivity contribution in [3.05, 3.63) is 0 Å². The summed E-state index contributed by atoms with van der Waals surface area (Å²) in [5, 5.41) is 0. The lowest BCUT2D eigenvalue weighted by Crippen LogP contribution is -2.36. The average molecular weight is 250 g/mol. The molecule has 0 aromatic carbocycles. The fraction of sp³-hybridized carbons (Fsp3) is 0.800. The molecule has 0 aromatic heterocycles. The summed E-state index contributed by atoms with van der Waals surface area (Å²) in [6, 6.07) is 0. The summed E-state index contributed by atoms with van der Waals surface area (Å²) < 4.78 is 23.7. The van der Waals surface area contributed by atoms with Crippen LogP contribution in [0.1, 0.15) is 13.8 Å². The van der Waals surface area contributed by atoms with Gasteiger partial charge in [0.2, 0.25) is 0 Å². The van der Waals surface area contributed by atoms with Gasteiger partial charge < -0.3 is 23.7 Å². The number of ether oxygens (including phenoxy) is 5. The lowest BCUT2D eigenvalue weighted by atomic mass is 10.6. The van der Waals surface area contributed by atoms with Gasteiger partial charge in [-0.2, -0.15) is 0 Å². The fourth-order valence-corrected chi connectivity index (χ4v) is 0.963. The Balaban J connectivity index is 4.29. The molecule has 0 amide bonds. The zero-order valence-corrected chi connectivity index (χ0v) is 10.4. The summed E-state index contributed by atoms with van der Waals surface area (Å²) in [7, 11) is 2.53. The number of rotatable bonds is 8. The molecule has 0 rings (SSSR count). The zero-order chi connectivity index (χ0) is 13.3. The Morgan fingerprint density at radius 2 is 1.24 bits per heavy atom. The van der Waals surface area contributed by atoms with Gasteiger partial charge in [0.05, 0.1) is 0 Å². The number of carbonyl (C=O) groups is 2. The minimum Gasteiger partial charge on any atom is -0.386 e. The van der Waals surface area contributed by atoms with Crippen molar-refractivity contribution >= 4 is 11.9 Å². The van der Waals surface area contributed by atoms with Gasteiger partial charge in [-0.05, 0) is 13.8 Å². The molecule has 0 aliphatic rings. The van der Waals surface area contributed by atoms with Crippen molar-refractivity contribution in [2.45, 2.75) is 26.4 Å². The number of esters is 2. The van der Waals surface area contributed by atoms with Gasteiger partial charge in [0.25, 0.3) is 12.6 Å². The first-order valence-electron chi connectivity index (χ1n) is 5.14. The molecule has 0 aliphatic heterocycles. The van der Waals surface area contributed by atoms with Gasteiger partial charge in [0, 0.05) is 27.4 Å². The van der Waals surface area contributed by atoms with Crippen molar-refractivity contribution in [2.24, 2.45) is 0 Å². The second kappa shape index (κ2) is 9.06. The van der Waals surface area contributed by atoms with Gasteiger partial charge in [-0.1, -0.05) is 0 Å². The van der Waals surface area contributed by atoms with Gasteiger partial charge in [0.1, 0.15) is 0 Å². The zero-order valence-electron chi connectivity index (χ0n) is 10.4. The molecule has 7 nitrogen and oxygen atoms in total. The van der Waals surface area contributed by atoms with Crippen molar-refractivity contribution in [2.75, 3.05) is 27.4 Å². The van der Waals surface area contributed by atoms with Crippen LogP contribution in [0.25, 0.3) is 0 Å². The van der Waals surface area contributed by atoms with E-state index in [0.29, 0.717) is 0 Å². The Kier molecular flexibility index (Phi) is 8.51. The Labute approximate surface area is 99.9 Å². The normalized spacial score (nSPS) is 14.1. The van der Waals surface area contributed by atoms with Gasteiger partial charge in [-0.3, -0.25) is 0 Å². The predicted molar refractivity (Wildman–Crippen MR) is 55.9 cm³/mol. The molecule has 100 valence electrons. The van der Waals surface area contributed by atoms with E-state index in [4.69, 9.17) is 18.9 Å². The number of carbonyl (C=O) groups excluding carboxylic acids is 2. The highest BCUT2D eigenvalue weighted by Crippen LogP contribution is 2.02. The van der Waals surface area contributed by atoms with Crippen molar-refractivity contribution in [1.82, 2.24) is 0 Å². The van der Waals surface area contributed by atoms with E-state index in [1.54, 1.807) is 13.8 Å². The maximum atomic E-state index is 11.4. The van der Waals surface area contributed by atoms with Crippen molar-refractivity contribution in [3.8, 4) is 0 Å². The SMILES string of the molecule is CCOC(OC)C(=O)OC(=O)C(OC)OCC. The molecule has 0 saturated carbocycles. The topological polar surface area (TPSA) is 80.3 Å². The Morgan fingerprint density at radius 1 is 0.882 bits per heavy atom. The largest absolute Gasteiger partial charge is 0.386 e. The fourth-order valence-electron chi connectivity index (χ4n) is 0.963. The molecule has 2 atom stereocenters. The van der Waals surface area contributed by atoms with Crippen LogP contribution in [0.4, 0.5) is 0 Å². The average Bonchev–Trinajstić information content (AvgIpc) is 2.32. The quantitative estimate of drug-likeness (QED) is 0.342. The summed E-state index contributed by atoms with van der Waals surface area (Å²) in [5.41, 5.74) is 0. The van der Waals surface area contributed by atoms with Crippen molar-refractivity contribution < 1.29 is 33.3 Å². The minimum atomic E-state index is -1.23. The van der Waals surface area contributed by atoms with Crippen LogP contribution < -0.4 is 0 Å². The molecule has 0 radical (unpaired) electrons. The molecule has 0 spiro atoms. The van der Waals surface area contributed by atoms with Crippen LogP contribution in [0, 0.1) is 0 Å². The summed E-state index contributed by atoms with van der Waals surface area (Å²) in [6.45, 7) is 3.86. The standard InChI is InChI=1S/C10H18O7/c1-5-15-9(13-3)7(11)17-8(12)10(14-4)16-6-2/h9-10H,5-6H2,1-4H3. The van der Waals surface area contributed by atoms with Crippen LogP contribution in [0.15, 0.2) is 0 Å². The molecule has 0 aliphatic carbocycles. The molecule has 17 heavy (non-hydrogen) atoms. The van der Waals surface area contributed by atoms with E-state index in [9.17, 15) is 9.59 Å². The van der Waals surface area contributed by atoms with Crippen LogP contribution in [0.5, 0.6) is 0 Å². The van der Waals surface area contributed by atoms with E-state index in [2.05, 4.69) is 4.74 Å². The number of methoxy groups -OCH3 is 2. The third-order valence-corrected chi connectivity index (χ3v) is 1.65. The third-order valence-electron chi connectivity index (χ3n) is 1.65. The molecular formula is C10H18O7. The molecule has 0 aromatic rings. The number of hydrogen-bond donors (Lipinski definition) is 0. The van der Waals surface area contributed by atoms with E-state index in [0.717, 1.165) is 0 Å². The second-order valence-electron chi connectivity index (χ2n) is 2.79. The second-order valence-corrected chi connectivity index (χ2v) is 2.79. The first-order chi connectivity index (χ1) is 8.10. The lowest BCUT2D eigenvalue weighted by molar-refractivity contribution is -0.207. The summed E-state index contributed by atoms with van der Waals surface area (Å²) in [5.74, 6) is -1.89. The monoisotopic (exact) mass is 250 g/mol. The smallest absolute Gasteiger partial charge is 0.371 e. The van der Waals surface area contributed by atoms with E-state index in [-0.39, 0.29) is 13.2 Å². The molecule has 0 heterocycles. The maximum absolute atomic E-state index is 11.4. The molecule has 0 fully saturated rings. The van der Waals surface area contributed by atoms with E-state index < -0.39 is 24.5 Å². The predicted octanol–water partition coefficient (Wildman–Crippen LogP) is 0.0742. The molecule has 0 bridgehead atoms. The highest BCUT2D eigenvalue weighted by molar-refractivity contribution is 5.88. The first kappa shape index (κ1) is 16.0.